The molecule has 5 rings (SSSR count). The van der Waals surface area contributed by atoms with Crippen molar-refractivity contribution in [1.82, 2.24) is 0 Å². The van der Waals surface area contributed by atoms with Crippen LogP contribution in [0.1, 0.15) is 90.3 Å². The second-order valence-corrected chi connectivity index (χ2v) is 12.3. The Kier molecular flexibility index (Phi) is 8.21. The number of aromatic hydroxyl groups is 1. The molecule has 5 nitrogen and oxygen atoms in total. The molecule has 0 spiro atoms. The second-order valence-electron chi connectivity index (χ2n) is 12.3. The van der Waals surface area contributed by atoms with E-state index in [1.165, 1.54) is 11.1 Å². The maximum atomic E-state index is 13.9. The van der Waals surface area contributed by atoms with E-state index < -0.39 is 13.0 Å². The van der Waals surface area contributed by atoms with Crippen molar-refractivity contribution in [3.63, 3.8) is 0 Å². The number of aryl methyl sites for hydroxylation is 2. The SMILES string of the molecule is CCC/C(=C\c1cc(C)c(O)c(C)c1)CC[C@H]1OB(O)C[C@H]2C1=C(C(C)C)C[C@H]1C(=O)c3ccccc3C(=O)[C@H]12. The number of phenolic OH excluding ortho intramolecular Hbond substituents is 1. The van der Waals surface area contributed by atoms with Crippen molar-refractivity contribution in [3.05, 3.63) is 80.9 Å². The van der Waals surface area contributed by atoms with Crippen LogP contribution in [0.25, 0.3) is 6.08 Å². The van der Waals surface area contributed by atoms with Gasteiger partial charge in [-0.2, -0.15) is 0 Å². The molecule has 0 radical (unpaired) electrons. The topological polar surface area (TPSA) is 83.8 Å². The monoisotopic (exact) mass is 540 g/mol. The summed E-state index contributed by atoms with van der Waals surface area (Å²) in [6, 6.07) is 11.2. The first kappa shape index (κ1) is 28.6. The first-order valence-corrected chi connectivity index (χ1v) is 14.8. The predicted molar refractivity (Wildman–Crippen MR) is 159 cm³/mol. The van der Waals surface area contributed by atoms with Gasteiger partial charge in [-0.1, -0.05) is 68.7 Å². The molecule has 6 heteroatoms. The lowest BCUT2D eigenvalue weighted by Crippen LogP contribution is -2.51. The standard InChI is InChI=1S/C34H41BO5/c1-6-9-22(16-23-14-20(4)32(36)21(5)15-23)12-13-29-30-26(19(2)3)17-27-31(28(30)18-35(39)40-29)34(38)25-11-8-7-10-24(25)33(27)37/h7-8,10-11,14-16,19,27-29,31,36,39H,6,9,12-13,17-18H2,1-5H3/b22-16+/t27-,28+,29-,31-/m1/s1. The van der Waals surface area contributed by atoms with Gasteiger partial charge >= 0.3 is 7.12 Å². The van der Waals surface area contributed by atoms with Crippen LogP contribution in [0.2, 0.25) is 6.32 Å². The van der Waals surface area contributed by atoms with E-state index in [4.69, 9.17) is 4.65 Å². The van der Waals surface area contributed by atoms with Crippen LogP contribution in [0, 0.1) is 37.5 Å². The summed E-state index contributed by atoms with van der Waals surface area (Å²) in [5.74, 6) is -0.382. The van der Waals surface area contributed by atoms with Gasteiger partial charge in [0.1, 0.15) is 5.75 Å². The van der Waals surface area contributed by atoms with Crippen LogP contribution >= 0.6 is 0 Å². The van der Waals surface area contributed by atoms with Gasteiger partial charge in [0.05, 0.1) is 6.10 Å². The quantitative estimate of drug-likeness (QED) is 0.288. The molecule has 2 aromatic rings. The lowest BCUT2D eigenvalue weighted by atomic mass is 9.53. The summed E-state index contributed by atoms with van der Waals surface area (Å²) in [5.41, 5.74) is 7.52. The third kappa shape index (κ3) is 5.24. The number of rotatable bonds is 7. The zero-order valence-corrected chi connectivity index (χ0v) is 24.4. The maximum absolute atomic E-state index is 13.9. The molecule has 0 unspecified atom stereocenters. The molecule has 2 N–H and O–H groups in total. The van der Waals surface area contributed by atoms with E-state index in [1.807, 2.05) is 38.1 Å². The Morgan fingerprint density at radius 2 is 1.70 bits per heavy atom. The highest BCUT2D eigenvalue weighted by Crippen LogP contribution is 2.52. The molecule has 3 aliphatic rings. The van der Waals surface area contributed by atoms with Crippen LogP contribution in [0.15, 0.2) is 53.1 Å². The highest BCUT2D eigenvalue weighted by atomic mass is 16.5. The molecule has 1 heterocycles. The summed E-state index contributed by atoms with van der Waals surface area (Å²) in [6.45, 7) is 10.3. The van der Waals surface area contributed by atoms with Crippen molar-refractivity contribution in [1.29, 1.82) is 0 Å². The van der Waals surface area contributed by atoms with Crippen molar-refractivity contribution >= 4 is 24.8 Å². The average Bonchev–Trinajstić information content (AvgIpc) is 2.92. The molecular formula is C34H41BO5. The third-order valence-corrected chi connectivity index (χ3v) is 9.18. The van der Waals surface area contributed by atoms with Gasteiger partial charge in [-0.3, -0.25) is 9.59 Å². The Labute approximate surface area is 238 Å². The molecule has 2 aromatic carbocycles. The molecular weight excluding hydrogens is 499 g/mol. The van der Waals surface area contributed by atoms with Gasteiger partial charge in [0.2, 0.25) is 0 Å². The highest BCUT2D eigenvalue weighted by Gasteiger charge is 2.53. The molecule has 210 valence electrons. The number of hydrogen-bond donors (Lipinski definition) is 2. The number of Topliss-reactive ketones (excluding diaryl/α,β-unsaturated/α-hetero) is 2. The van der Waals surface area contributed by atoms with Gasteiger partial charge in [-0.15, -0.1) is 0 Å². The summed E-state index contributed by atoms with van der Waals surface area (Å²) < 4.78 is 6.22. The molecule has 0 bridgehead atoms. The minimum absolute atomic E-state index is 0.0305. The van der Waals surface area contributed by atoms with Crippen molar-refractivity contribution in [3.8, 4) is 5.75 Å². The Bertz CT molecular complexity index is 1360. The Balaban J connectivity index is 1.48. The Morgan fingerprint density at radius 1 is 1.05 bits per heavy atom. The van der Waals surface area contributed by atoms with E-state index >= 15 is 0 Å². The molecule has 1 aliphatic heterocycles. The van der Waals surface area contributed by atoms with Crippen molar-refractivity contribution in [2.45, 2.75) is 79.1 Å². The molecule has 0 aromatic heterocycles. The predicted octanol–water partition coefficient (Wildman–Crippen LogP) is 7.14. The number of fused-ring (bicyclic) bond motifs is 4. The van der Waals surface area contributed by atoms with Crippen LogP contribution in [0.3, 0.4) is 0 Å². The number of hydrogen-bond acceptors (Lipinski definition) is 5. The minimum atomic E-state index is -0.966. The van der Waals surface area contributed by atoms with Gasteiger partial charge in [-0.25, -0.2) is 0 Å². The Morgan fingerprint density at radius 3 is 2.33 bits per heavy atom. The normalized spacial score (nSPS) is 24.8. The van der Waals surface area contributed by atoms with Crippen LogP contribution in [-0.4, -0.2) is 34.9 Å². The number of benzene rings is 2. The molecule has 0 saturated carbocycles. The first-order valence-electron chi connectivity index (χ1n) is 14.8. The van der Waals surface area contributed by atoms with E-state index in [9.17, 15) is 19.7 Å². The van der Waals surface area contributed by atoms with Crippen molar-refractivity contribution < 1.29 is 24.4 Å². The van der Waals surface area contributed by atoms with Gasteiger partial charge in [0, 0.05) is 23.0 Å². The lowest BCUT2D eigenvalue weighted by molar-refractivity contribution is 0.0593. The molecule has 1 saturated heterocycles. The van der Waals surface area contributed by atoms with Crippen molar-refractivity contribution in [2.24, 2.45) is 23.7 Å². The van der Waals surface area contributed by atoms with Crippen LogP contribution in [0.5, 0.6) is 5.75 Å². The summed E-state index contributed by atoms with van der Waals surface area (Å²) >= 11 is 0. The molecule has 0 amide bonds. The maximum Gasteiger partial charge on any atom is 0.455 e. The molecule has 2 aliphatic carbocycles. The van der Waals surface area contributed by atoms with E-state index in [1.54, 1.807) is 12.1 Å². The fourth-order valence-electron chi connectivity index (χ4n) is 7.37. The minimum Gasteiger partial charge on any atom is -0.507 e. The lowest BCUT2D eigenvalue weighted by Gasteiger charge is -2.48. The third-order valence-electron chi connectivity index (χ3n) is 9.18. The van der Waals surface area contributed by atoms with E-state index in [2.05, 4.69) is 26.8 Å². The van der Waals surface area contributed by atoms with Crippen LogP contribution < -0.4 is 0 Å². The summed E-state index contributed by atoms with van der Waals surface area (Å²) in [4.78, 5) is 27.5. The summed E-state index contributed by atoms with van der Waals surface area (Å²) in [5, 5.41) is 21.1. The number of carbonyl (C=O) groups excluding carboxylic acids is 2. The fourth-order valence-corrected chi connectivity index (χ4v) is 7.37. The van der Waals surface area contributed by atoms with E-state index in [-0.39, 0.29) is 35.4 Å². The fraction of sp³-hybridized carbons (Fsp3) is 0.471. The van der Waals surface area contributed by atoms with Gasteiger partial charge in [0.15, 0.2) is 11.6 Å². The zero-order valence-electron chi connectivity index (χ0n) is 24.4. The summed E-state index contributed by atoms with van der Waals surface area (Å²) in [7, 11) is -0.966. The van der Waals surface area contributed by atoms with Gasteiger partial charge < -0.3 is 14.8 Å². The van der Waals surface area contributed by atoms with Crippen LogP contribution in [-0.2, 0) is 4.65 Å². The largest absolute Gasteiger partial charge is 0.507 e. The average molecular weight is 541 g/mol. The van der Waals surface area contributed by atoms with Gasteiger partial charge in [0.25, 0.3) is 0 Å². The number of carbonyl (C=O) groups is 2. The first-order chi connectivity index (χ1) is 19.1. The number of allylic oxidation sites excluding steroid dienone is 2. The highest BCUT2D eigenvalue weighted by molar-refractivity contribution is 6.43. The molecule has 40 heavy (non-hydrogen) atoms. The van der Waals surface area contributed by atoms with E-state index in [0.717, 1.165) is 41.5 Å². The zero-order chi connectivity index (χ0) is 28.7. The van der Waals surface area contributed by atoms with E-state index in [0.29, 0.717) is 36.0 Å². The summed E-state index contributed by atoms with van der Waals surface area (Å²) in [6.07, 6.45) is 6.30. The van der Waals surface area contributed by atoms with Crippen molar-refractivity contribution in [2.75, 3.05) is 0 Å². The molecule has 1 fully saturated rings. The van der Waals surface area contributed by atoms with Gasteiger partial charge in [-0.05, 0) is 92.1 Å². The smallest absolute Gasteiger partial charge is 0.455 e. The number of phenols is 1. The molecule has 4 atom stereocenters. The second kappa shape index (κ2) is 11.5. The number of ketones is 2. The Hall–Kier alpha value is -2.96. The van der Waals surface area contributed by atoms with Crippen LogP contribution in [0.4, 0.5) is 0 Å².